The minimum atomic E-state index is 0.494. The van der Waals surface area contributed by atoms with E-state index in [9.17, 15) is 0 Å². The highest BCUT2D eigenvalue weighted by molar-refractivity contribution is 5.22. The van der Waals surface area contributed by atoms with Crippen LogP contribution in [0.4, 0.5) is 0 Å². The Morgan fingerprint density at radius 3 is 2.50 bits per heavy atom. The van der Waals surface area contributed by atoms with Crippen LogP contribution < -0.4 is 0 Å². The fourth-order valence-corrected chi connectivity index (χ4v) is 5.10. The average Bonchev–Trinajstić information content (AvgIpc) is 2.96. The number of hydrogen-bond acceptors (Lipinski definition) is 3. The van der Waals surface area contributed by atoms with Crippen molar-refractivity contribution in [1.82, 2.24) is 19.6 Å². The number of aryl methyl sites for hydroxylation is 1. The molecule has 4 nitrogen and oxygen atoms in total. The van der Waals surface area contributed by atoms with Crippen LogP contribution in [0.5, 0.6) is 0 Å². The molecular formula is C22H32N4. The van der Waals surface area contributed by atoms with Crippen LogP contribution in [-0.4, -0.2) is 52.8 Å². The van der Waals surface area contributed by atoms with Gasteiger partial charge in [0.25, 0.3) is 0 Å². The first-order chi connectivity index (χ1) is 12.5. The normalized spacial score (nSPS) is 24.2. The molecule has 0 amide bonds. The van der Waals surface area contributed by atoms with Gasteiger partial charge in [0.05, 0.1) is 6.20 Å². The molecular weight excluding hydrogens is 320 g/mol. The highest BCUT2D eigenvalue weighted by Gasteiger charge is 2.41. The zero-order valence-corrected chi connectivity index (χ0v) is 16.5. The van der Waals surface area contributed by atoms with E-state index in [0.29, 0.717) is 11.3 Å². The molecule has 0 radical (unpaired) electrons. The summed E-state index contributed by atoms with van der Waals surface area (Å²) in [6, 6.07) is 11.1. The molecule has 2 fully saturated rings. The SMILES string of the molecule is Cc1c(CN2CCC3(CC2)C[C@@H](c2ccccc2)CN(C)C3)cnn1C. The molecule has 26 heavy (non-hydrogen) atoms. The fraction of sp³-hybridized carbons (Fsp3) is 0.591. The number of rotatable bonds is 3. The van der Waals surface area contributed by atoms with E-state index in [-0.39, 0.29) is 0 Å². The third-order valence-corrected chi connectivity index (χ3v) is 6.74. The second-order valence-electron chi connectivity index (χ2n) is 8.66. The van der Waals surface area contributed by atoms with E-state index in [0.717, 1.165) is 6.54 Å². The number of likely N-dealkylation sites (N-methyl/N-ethyl adjacent to an activating group) is 1. The summed E-state index contributed by atoms with van der Waals surface area (Å²) < 4.78 is 1.99. The van der Waals surface area contributed by atoms with Gasteiger partial charge < -0.3 is 4.90 Å². The topological polar surface area (TPSA) is 24.3 Å². The maximum Gasteiger partial charge on any atom is 0.0537 e. The molecule has 2 aliphatic rings. The molecule has 2 aliphatic heterocycles. The Morgan fingerprint density at radius 1 is 1.12 bits per heavy atom. The van der Waals surface area contributed by atoms with Crippen molar-refractivity contribution in [2.24, 2.45) is 12.5 Å². The summed E-state index contributed by atoms with van der Waals surface area (Å²) in [4.78, 5) is 5.20. The number of nitrogens with zero attached hydrogens (tertiary/aromatic N) is 4. The zero-order chi connectivity index (χ0) is 18.1. The molecule has 0 bridgehead atoms. The first-order valence-corrected chi connectivity index (χ1v) is 9.98. The summed E-state index contributed by atoms with van der Waals surface area (Å²) in [5.41, 5.74) is 4.69. The van der Waals surface area contributed by atoms with Crippen LogP contribution in [0.2, 0.25) is 0 Å². The van der Waals surface area contributed by atoms with Crippen molar-refractivity contribution in [3.63, 3.8) is 0 Å². The lowest BCUT2D eigenvalue weighted by atomic mass is 9.68. The standard InChI is InChI=1S/C22H32N4/c1-18-21(14-23-25(18)3)16-26-11-9-22(10-12-26)13-20(15-24(2)17-22)19-7-5-4-6-8-19/h4-8,14,20H,9-13,15-17H2,1-3H3/t20-/m1/s1. The lowest BCUT2D eigenvalue weighted by molar-refractivity contribution is 0.0218. The molecule has 1 spiro atoms. The van der Waals surface area contributed by atoms with E-state index in [1.54, 1.807) is 0 Å². The van der Waals surface area contributed by atoms with E-state index in [1.165, 1.54) is 62.3 Å². The molecule has 0 saturated carbocycles. The van der Waals surface area contributed by atoms with Crippen molar-refractivity contribution in [1.29, 1.82) is 0 Å². The van der Waals surface area contributed by atoms with Gasteiger partial charge in [0.1, 0.15) is 0 Å². The first kappa shape index (κ1) is 17.7. The van der Waals surface area contributed by atoms with Crippen LogP contribution in [0.25, 0.3) is 0 Å². The number of benzene rings is 1. The molecule has 0 N–H and O–H groups in total. The van der Waals surface area contributed by atoms with Gasteiger partial charge in [-0.15, -0.1) is 0 Å². The molecule has 1 aromatic heterocycles. The van der Waals surface area contributed by atoms with E-state index >= 15 is 0 Å². The van der Waals surface area contributed by atoms with Crippen molar-refractivity contribution >= 4 is 0 Å². The maximum atomic E-state index is 4.40. The van der Waals surface area contributed by atoms with Crippen LogP contribution >= 0.6 is 0 Å². The molecule has 4 rings (SSSR count). The van der Waals surface area contributed by atoms with Gasteiger partial charge in [-0.25, -0.2) is 0 Å². The Hall–Kier alpha value is -1.65. The predicted octanol–water partition coefficient (Wildman–Crippen LogP) is 3.43. The van der Waals surface area contributed by atoms with Crippen LogP contribution in [0.3, 0.4) is 0 Å². The minimum absolute atomic E-state index is 0.494. The van der Waals surface area contributed by atoms with Gasteiger partial charge in [-0.2, -0.15) is 5.10 Å². The van der Waals surface area contributed by atoms with Crippen LogP contribution in [0, 0.1) is 12.3 Å². The lowest BCUT2D eigenvalue weighted by Crippen LogP contribution is -2.50. The number of hydrogen-bond donors (Lipinski definition) is 0. The molecule has 2 saturated heterocycles. The third-order valence-electron chi connectivity index (χ3n) is 6.74. The number of piperidine rings is 2. The second kappa shape index (κ2) is 7.16. The Labute approximate surface area is 157 Å². The van der Waals surface area contributed by atoms with E-state index in [2.05, 4.69) is 59.2 Å². The molecule has 4 heteroatoms. The largest absolute Gasteiger partial charge is 0.305 e. The molecule has 0 unspecified atom stereocenters. The molecule has 0 aliphatic carbocycles. The number of likely N-dealkylation sites (tertiary alicyclic amines) is 2. The van der Waals surface area contributed by atoms with Crippen molar-refractivity contribution in [3.05, 3.63) is 53.3 Å². The third kappa shape index (κ3) is 3.58. The van der Waals surface area contributed by atoms with Crippen molar-refractivity contribution in [3.8, 4) is 0 Å². The van der Waals surface area contributed by atoms with Crippen molar-refractivity contribution in [2.45, 2.75) is 38.6 Å². The average molecular weight is 353 g/mol. The van der Waals surface area contributed by atoms with E-state index < -0.39 is 0 Å². The van der Waals surface area contributed by atoms with Gasteiger partial charge in [-0.05, 0) is 63.2 Å². The lowest BCUT2D eigenvalue weighted by Gasteiger charge is -2.49. The predicted molar refractivity (Wildman–Crippen MR) is 106 cm³/mol. The molecule has 1 aromatic carbocycles. The fourth-order valence-electron chi connectivity index (χ4n) is 5.10. The Balaban J connectivity index is 1.41. The maximum absolute atomic E-state index is 4.40. The van der Waals surface area contributed by atoms with Crippen molar-refractivity contribution in [2.75, 3.05) is 33.2 Å². The summed E-state index contributed by atoms with van der Waals surface area (Å²) in [5, 5.41) is 4.40. The Kier molecular flexibility index (Phi) is 4.89. The molecule has 140 valence electrons. The number of aromatic nitrogens is 2. The van der Waals surface area contributed by atoms with Crippen LogP contribution in [-0.2, 0) is 13.6 Å². The summed E-state index contributed by atoms with van der Waals surface area (Å²) in [6.45, 7) is 8.11. The zero-order valence-electron chi connectivity index (χ0n) is 16.5. The van der Waals surface area contributed by atoms with Gasteiger partial charge >= 0.3 is 0 Å². The van der Waals surface area contributed by atoms with Crippen LogP contribution in [0.15, 0.2) is 36.5 Å². The highest BCUT2D eigenvalue weighted by Crippen LogP contribution is 2.44. The smallest absolute Gasteiger partial charge is 0.0537 e. The Bertz CT molecular complexity index is 728. The minimum Gasteiger partial charge on any atom is -0.305 e. The van der Waals surface area contributed by atoms with E-state index in [4.69, 9.17) is 0 Å². The van der Waals surface area contributed by atoms with Gasteiger partial charge in [0.2, 0.25) is 0 Å². The second-order valence-corrected chi connectivity index (χ2v) is 8.66. The molecule has 1 atom stereocenters. The highest BCUT2D eigenvalue weighted by atomic mass is 15.3. The van der Waals surface area contributed by atoms with Crippen LogP contribution in [0.1, 0.15) is 42.0 Å². The quantitative estimate of drug-likeness (QED) is 0.846. The first-order valence-electron chi connectivity index (χ1n) is 9.98. The summed E-state index contributed by atoms with van der Waals surface area (Å²) in [5.74, 6) is 0.682. The summed E-state index contributed by atoms with van der Waals surface area (Å²) in [7, 11) is 4.34. The van der Waals surface area contributed by atoms with Gasteiger partial charge in [0, 0.05) is 37.9 Å². The van der Waals surface area contributed by atoms with E-state index in [1.807, 2.05) is 17.9 Å². The van der Waals surface area contributed by atoms with Crippen molar-refractivity contribution < 1.29 is 0 Å². The Morgan fingerprint density at radius 2 is 1.85 bits per heavy atom. The van der Waals surface area contributed by atoms with Gasteiger partial charge in [-0.1, -0.05) is 30.3 Å². The molecule has 2 aromatic rings. The van der Waals surface area contributed by atoms with Gasteiger partial charge in [-0.3, -0.25) is 9.58 Å². The van der Waals surface area contributed by atoms with Gasteiger partial charge in [0.15, 0.2) is 0 Å². The summed E-state index contributed by atoms with van der Waals surface area (Å²) in [6.07, 6.45) is 6.03. The monoisotopic (exact) mass is 352 g/mol. The molecule has 3 heterocycles. The summed E-state index contributed by atoms with van der Waals surface area (Å²) >= 11 is 0.